The number of hydrogen-bond donors (Lipinski definition) is 1. The van der Waals surface area contributed by atoms with E-state index in [9.17, 15) is 0 Å². The monoisotopic (exact) mass is 365 g/mol. The van der Waals surface area contributed by atoms with Gasteiger partial charge in [0.05, 0.1) is 13.6 Å². The average molecular weight is 367 g/mol. The topological polar surface area (TPSA) is 12.0 Å². The highest BCUT2D eigenvalue weighted by atomic mass is 79.9. The first-order chi connectivity index (χ1) is 7.22. The van der Waals surface area contributed by atoms with Crippen LogP contribution in [0.4, 0.5) is 0 Å². The van der Waals surface area contributed by atoms with Crippen LogP contribution in [0, 0.1) is 0 Å². The molecule has 0 aliphatic carbocycles. The van der Waals surface area contributed by atoms with Crippen LogP contribution in [0.15, 0.2) is 31.2 Å². The Labute approximate surface area is 114 Å². The van der Waals surface area contributed by atoms with Crippen LogP contribution in [0.25, 0.3) is 0 Å². The Kier molecular flexibility index (Phi) is 4.01. The standard InChI is InChI=1S/C10H9Br2NS2/c1-13-9(7-3-2-4-14-7)6-5-8(11)15-10(6)12/h2-5,9,13H,1H3. The van der Waals surface area contributed by atoms with E-state index in [0.717, 1.165) is 3.79 Å². The molecule has 1 N–H and O–H groups in total. The van der Waals surface area contributed by atoms with Gasteiger partial charge in [0.2, 0.25) is 0 Å². The number of thiophene rings is 2. The highest BCUT2D eigenvalue weighted by molar-refractivity contribution is 9.12. The van der Waals surface area contributed by atoms with E-state index in [1.165, 1.54) is 14.2 Å². The van der Waals surface area contributed by atoms with E-state index in [1.807, 2.05) is 7.05 Å². The molecule has 0 radical (unpaired) electrons. The van der Waals surface area contributed by atoms with Crippen molar-refractivity contribution in [3.8, 4) is 0 Å². The third-order valence-electron chi connectivity index (χ3n) is 2.11. The third kappa shape index (κ3) is 2.53. The zero-order valence-corrected chi connectivity index (χ0v) is 12.8. The van der Waals surface area contributed by atoms with E-state index in [4.69, 9.17) is 0 Å². The fourth-order valence-corrected chi connectivity index (χ4v) is 5.21. The minimum absolute atomic E-state index is 0.280. The van der Waals surface area contributed by atoms with Gasteiger partial charge in [-0.25, -0.2) is 0 Å². The predicted octanol–water partition coefficient (Wildman–Crippen LogP) is 4.64. The number of halogens is 2. The molecule has 0 bridgehead atoms. The van der Waals surface area contributed by atoms with Crippen molar-refractivity contribution in [3.63, 3.8) is 0 Å². The van der Waals surface area contributed by atoms with Gasteiger partial charge in [0.1, 0.15) is 0 Å². The van der Waals surface area contributed by atoms with Gasteiger partial charge in [-0.1, -0.05) is 6.07 Å². The maximum absolute atomic E-state index is 3.60. The van der Waals surface area contributed by atoms with Crippen molar-refractivity contribution in [1.29, 1.82) is 0 Å². The highest BCUT2D eigenvalue weighted by Gasteiger charge is 2.17. The summed E-state index contributed by atoms with van der Waals surface area (Å²) in [5, 5.41) is 5.45. The van der Waals surface area contributed by atoms with Crippen LogP contribution in [0.2, 0.25) is 0 Å². The van der Waals surface area contributed by atoms with E-state index in [2.05, 4.69) is 60.8 Å². The maximum Gasteiger partial charge on any atom is 0.0762 e. The van der Waals surface area contributed by atoms with Crippen molar-refractivity contribution in [1.82, 2.24) is 5.32 Å². The van der Waals surface area contributed by atoms with Crippen molar-refractivity contribution in [2.45, 2.75) is 6.04 Å². The van der Waals surface area contributed by atoms with E-state index < -0.39 is 0 Å². The number of rotatable bonds is 3. The van der Waals surface area contributed by atoms with Gasteiger partial charge in [0.15, 0.2) is 0 Å². The van der Waals surface area contributed by atoms with Crippen molar-refractivity contribution in [2.24, 2.45) is 0 Å². The molecule has 2 rings (SSSR count). The maximum atomic E-state index is 3.60. The van der Waals surface area contributed by atoms with Crippen molar-refractivity contribution in [3.05, 3.63) is 41.6 Å². The quantitative estimate of drug-likeness (QED) is 0.833. The molecule has 0 aliphatic rings. The van der Waals surface area contributed by atoms with Gasteiger partial charge in [0.25, 0.3) is 0 Å². The molecule has 15 heavy (non-hydrogen) atoms. The summed E-state index contributed by atoms with van der Waals surface area (Å²) in [5.74, 6) is 0. The molecule has 0 fully saturated rings. The van der Waals surface area contributed by atoms with Crippen LogP contribution < -0.4 is 5.32 Å². The van der Waals surface area contributed by atoms with Gasteiger partial charge in [-0.3, -0.25) is 0 Å². The van der Waals surface area contributed by atoms with Gasteiger partial charge in [0, 0.05) is 10.4 Å². The summed E-state index contributed by atoms with van der Waals surface area (Å²) in [4.78, 5) is 1.34. The molecule has 2 heterocycles. The van der Waals surface area contributed by atoms with Gasteiger partial charge < -0.3 is 5.32 Å². The summed E-state index contributed by atoms with van der Waals surface area (Å²) in [6.07, 6.45) is 0. The molecule has 0 saturated carbocycles. The van der Waals surface area contributed by atoms with Gasteiger partial charge in [-0.15, -0.1) is 22.7 Å². The van der Waals surface area contributed by atoms with Gasteiger partial charge in [-0.2, -0.15) is 0 Å². The molecule has 0 aromatic carbocycles. The largest absolute Gasteiger partial charge is 0.309 e. The van der Waals surface area contributed by atoms with Crippen molar-refractivity contribution in [2.75, 3.05) is 7.05 Å². The lowest BCUT2D eigenvalue weighted by atomic mass is 10.1. The Morgan fingerprint density at radius 3 is 2.67 bits per heavy atom. The molecule has 0 amide bonds. The summed E-state index contributed by atoms with van der Waals surface area (Å²) in [6, 6.07) is 6.68. The molecular formula is C10H9Br2NS2. The fraction of sp³-hybridized carbons (Fsp3) is 0.200. The smallest absolute Gasteiger partial charge is 0.0762 e. The second kappa shape index (κ2) is 5.10. The predicted molar refractivity (Wildman–Crippen MR) is 74.9 cm³/mol. The Hall–Kier alpha value is 0.320. The number of nitrogens with one attached hydrogen (secondary N) is 1. The van der Waals surface area contributed by atoms with Gasteiger partial charge in [-0.05, 0) is 56.4 Å². The molecule has 1 nitrogen and oxygen atoms in total. The lowest BCUT2D eigenvalue weighted by Gasteiger charge is -2.13. The second-order valence-corrected chi connectivity index (χ2v) is 7.75. The molecule has 1 atom stereocenters. The van der Waals surface area contributed by atoms with Crippen LogP contribution >= 0.6 is 54.5 Å². The van der Waals surface area contributed by atoms with E-state index in [1.54, 1.807) is 22.7 Å². The lowest BCUT2D eigenvalue weighted by Crippen LogP contribution is -2.16. The molecular weight excluding hydrogens is 358 g/mol. The fourth-order valence-electron chi connectivity index (χ4n) is 1.46. The minimum Gasteiger partial charge on any atom is -0.309 e. The van der Waals surface area contributed by atoms with E-state index in [-0.39, 0.29) is 6.04 Å². The van der Waals surface area contributed by atoms with Crippen LogP contribution in [0.5, 0.6) is 0 Å². The van der Waals surface area contributed by atoms with Crippen LogP contribution in [-0.2, 0) is 0 Å². The molecule has 0 aliphatic heterocycles. The van der Waals surface area contributed by atoms with Crippen LogP contribution in [-0.4, -0.2) is 7.05 Å². The Bertz CT molecular complexity index is 436. The first kappa shape index (κ1) is 11.8. The zero-order chi connectivity index (χ0) is 10.8. The van der Waals surface area contributed by atoms with Crippen LogP contribution in [0.1, 0.15) is 16.5 Å². The van der Waals surface area contributed by atoms with E-state index >= 15 is 0 Å². The molecule has 5 heteroatoms. The minimum atomic E-state index is 0.280. The van der Waals surface area contributed by atoms with Crippen molar-refractivity contribution >= 4 is 54.5 Å². The molecule has 1 unspecified atom stereocenters. The lowest BCUT2D eigenvalue weighted by molar-refractivity contribution is 0.704. The summed E-state index contributed by atoms with van der Waals surface area (Å²) < 4.78 is 2.34. The third-order valence-corrected chi connectivity index (χ3v) is 5.43. The molecule has 2 aromatic rings. The molecule has 2 aromatic heterocycles. The number of hydrogen-bond acceptors (Lipinski definition) is 3. The average Bonchev–Trinajstić information content (AvgIpc) is 2.79. The van der Waals surface area contributed by atoms with Gasteiger partial charge >= 0.3 is 0 Å². The Balaban J connectivity index is 2.39. The molecule has 0 spiro atoms. The Morgan fingerprint density at radius 2 is 2.20 bits per heavy atom. The molecule has 80 valence electrons. The highest BCUT2D eigenvalue weighted by Crippen LogP contribution is 2.38. The summed E-state index contributed by atoms with van der Waals surface area (Å²) >= 11 is 10.6. The SMILES string of the molecule is CNC(c1cccs1)c1cc(Br)sc1Br. The summed E-state index contributed by atoms with van der Waals surface area (Å²) in [5.41, 5.74) is 1.29. The first-order valence-electron chi connectivity index (χ1n) is 4.37. The van der Waals surface area contributed by atoms with Crippen molar-refractivity contribution < 1.29 is 0 Å². The second-order valence-electron chi connectivity index (χ2n) is 3.02. The Morgan fingerprint density at radius 1 is 1.40 bits per heavy atom. The zero-order valence-electron chi connectivity index (χ0n) is 7.96. The summed E-state index contributed by atoms with van der Waals surface area (Å²) in [6.45, 7) is 0. The normalized spacial score (nSPS) is 13.0. The molecule has 0 saturated heterocycles. The van der Waals surface area contributed by atoms with E-state index in [0.29, 0.717) is 0 Å². The summed E-state index contributed by atoms with van der Waals surface area (Å²) in [7, 11) is 1.99. The van der Waals surface area contributed by atoms with Crippen LogP contribution in [0.3, 0.4) is 0 Å². The first-order valence-corrected chi connectivity index (χ1v) is 7.66.